The first-order valence-electron chi connectivity index (χ1n) is 1.56. The first-order chi connectivity index (χ1) is 2.80. The summed E-state index contributed by atoms with van der Waals surface area (Å²) in [5.41, 5.74) is 0. The molecule has 0 saturated carbocycles. The second kappa shape index (κ2) is 1.22. The van der Waals surface area contributed by atoms with E-state index < -0.39 is 6.30 Å². The van der Waals surface area contributed by atoms with Crippen LogP contribution < -0.4 is 5.32 Å². The molecule has 0 aromatic carbocycles. The normalized spacial score (nSPS) is 30.3. The third-order valence-corrected chi connectivity index (χ3v) is 1.24. The van der Waals surface area contributed by atoms with Crippen LogP contribution in [0, 0.1) is 0 Å². The van der Waals surface area contributed by atoms with Crippen LogP contribution in [0.1, 0.15) is 0 Å². The molecule has 1 aliphatic rings. The van der Waals surface area contributed by atoms with Gasteiger partial charge in [-0.25, -0.2) is 4.39 Å². The summed E-state index contributed by atoms with van der Waals surface area (Å²) in [7, 11) is 0. The molecule has 0 radical (unpaired) electrons. The van der Waals surface area contributed by atoms with E-state index in [0.717, 1.165) is 0 Å². The van der Waals surface area contributed by atoms with Crippen LogP contribution in [0.3, 0.4) is 0 Å². The van der Waals surface area contributed by atoms with Crippen molar-refractivity contribution in [3.8, 4) is 0 Å². The minimum atomic E-state index is -0.940. The van der Waals surface area contributed by atoms with Gasteiger partial charge in [0.15, 0.2) is 0 Å². The average molecular weight is 152 g/mol. The highest BCUT2D eigenvalue weighted by molar-refractivity contribution is 9.11. The zero-order valence-corrected chi connectivity index (χ0v) is 4.50. The molecule has 0 aromatic rings. The lowest BCUT2D eigenvalue weighted by Gasteiger charge is -2.15. The van der Waals surface area contributed by atoms with Gasteiger partial charge >= 0.3 is 0 Å². The van der Waals surface area contributed by atoms with Crippen molar-refractivity contribution in [2.75, 3.05) is 0 Å². The summed E-state index contributed by atoms with van der Waals surface area (Å²) in [4.78, 5) is 0. The fourth-order valence-electron chi connectivity index (χ4n) is 0.209. The Hall–Kier alpha value is -0.0500. The van der Waals surface area contributed by atoms with Gasteiger partial charge in [-0.1, -0.05) is 0 Å². The molecule has 3 heteroatoms. The average Bonchev–Trinajstić information content (AvgIpc) is 1.61. The number of alkyl halides is 1. The maximum Gasteiger partial charge on any atom is 0.203 e. The fraction of sp³-hybridized carbons (Fsp3) is 0.333. The molecule has 1 atom stereocenters. The van der Waals surface area contributed by atoms with Crippen molar-refractivity contribution >= 4 is 15.9 Å². The van der Waals surface area contributed by atoms with E-state index in [4.69, 9.17) is 0 Å². The van der Waals surface area contributed by atoms with Crippen molar-refractivity contribution in [3.63, 3.8) is 0 Å². The Morgan fingerprint density at radius 2 is 2.50 bits per heavy atom. The second-order valence-electron chi connectivity index (χ2n) is 1.06. The zero-order chi connectivity index (χ0) is 4.57. The van der Waals surface area contributed by atoms with Crippen molar-refractivity contribution in [2.24, 2.45) is 0 Å². The van der Waals surface area contributed by atoms with E-state index in [9.17, 15) is 4.39 Å². The minimum Gasteiger partial charge on any atom is -0.357 e. The summed E-state index contributed by atoms with van der Waals surface area (Å²) in [5, 5.41) is 2.38. The monoisotopic (exact) mass is 151 g/mol. The zero-order valence-electron chi connectivity index (χ0n) is 2.91. The van der Waals surface area contributed by atoms with E-state index in [1.54, 1.807) is 6.20 Å². The van der Waals surface area contributed by atoms with E-state index in [1.165, 1.54) is 0 Å². The SMILES string of the molecule is FC1NC=C1Br. The summed E-state index contributed by atoms with van der Waals surface area (Å²) in [6.45, 7) is 0. The summed E-state index contributed by atoms with van der Waals surface area (Å²) in [6, 6.07) is 0. The Labute approximate surface area is 43.4 Å². The van der Waals surface area contributed by atoms with Gasteiger partial charge < -0.3 is 5.32 Å². The van der Waals surface area contributed by atoms with Gasteiger partial charge in [-0.15, -0.1) is 0 Å². The molecular formula is C3H3BrFN. The van der Waals surface area contributed by atoms with E-state index >= 15 is 0 Å². The Morgan fingerprint density at radius 3 is 2.50 bits per heavy atom. The maximum absolute atomic E-state index is 11.7. The molecule has 0 bridgehead atoms. The van der Waals surface area contributed by atoms with Crippen LogP contribution in [0.5, 0.6) is 0 Å². The highest BCUT2D eigenvalue weighted by Gasteiger charge is 2.14. The molecule has 0 amide bonds. The van der Waals surface area contributed by atoms with Crippen molar-refractivity contribution in [1.29, 1.82) is 0 Å². The molecule has 1 heterocycles. The Morgan fingerprint density at radius 1 is 2.00 bits per heavy atom. The molecule has 34 valence electrons. The third-order valence-electron chi connectivity index (χ3n) is 0.610. The van der Waals surface area contributed by atoms with Crippen LogP contribution in [-0.4, -0.2) is 6.30 Å². The van der Waals surface area contributed by atoms with Crippen LogP contribution >= 0.6 is 15.9 Å². The number of halogens is 2. The molecule has 1 nitrogen and oxygen atoms in total. The van der Waals surface area contributed by atoms with Gasteiger partial charge in [-0.3, -0.25) is 0 Å². The lowest BCUT2D eigenvalue weighted by atomic mass is 10.4. The molecule has 1 aliphatic heterocycles. The molecule has 0 aliphatic carbocycles. The number of hydrogen-bond donors (Lipinski definition) is 1. The number of rotatable bonds is 0. The summed E-state index contributed by atoms with van der Waals surface area (Å²) in [5.74, 6) is 0. The van der Waals surface area contributed by atoms with Crippen LogP contribution in [-0.2, 0) is 0 Å². The van der Waals surface area contributed by atoms with E-state index in [0.29, 0.717) is 4.48 Å². The number of nitrogens with one attached hydrogen (secondary N) is 1. The molecule has 0 spiro atoms. The first-order valence-corrected chi connectivity index (χ1v) is 2.35. The molecule has 0 aromatic heterocycles. The fourth-order valence-corrected chi connectivity index (χ4v) is 0.474. The predicted molar refractivity (Wildman–Crippen MR) is 25.0 cm³/mol. The van der Waals surface area contributed by atoms with Crippen molar-refractivity contribution < 1.29 is 4.39 Å². The third kappa shape index (κ3) is 0.429. The lowest BCUT2D eigenvalue weighted by Crippen LogP contribution is -2.28. The first kappa shape index (κ1) is 4.12. The van der Waals surface area contributed by atoms with E-state index in [1.807, 2.05) is 0 Å². The van der Waals surface area contributed by atoms with Crippen LogP contribution in [0.25, 0.3) is 0 Å². The van der Waals surface area contributed by atoms with Crippen LogP contribution in [0.2, 0.25) is 0 Å². The van der Waals surface area contributed by atoms with Gasteiger partial charge in [0.05, 0.1) is 4.48 Å². The molecule has 6 heavy (non-hydrogen) atoms. The maximum atomic E-state index is 11.7. The van der Waals surface area contributed by atoms with Crippen LogP contribution in [0.4, 0.5) is 4.39 Å². The van der Waals surface area contributed by atoms with Crippen LogP contribution in [0.15, 0.2) is 10.7 Å². The molecule has 0 fully saturated rings. The van der Waals surface area contributed by atoms with Crippen molar-refractivity contribution in [3.05, 3.63) is 10.7 Å². The van der Waals surface area contributed by atoms with E-state index in [-0.39, 0.29) is 0 Å². The Kier molecular flexibility index (Phi) is 0.839. The second-order valence-corrected chi connectivity index (χ2v) is 1.97. The van der Waals surface area contributed by atoms with Gasteiger partial charge in [0.2, 0.25) is 6.30 Å². The number of hydrogen-bond acceptors (Lipinski definition) is 1. The van der Waals surface area contributed by atoms with Gasteiger partial charge in [-0.05, 0) is 15.9 Å². The van der Waals surface area contributed by atoms with E-state index in [2.05, 4.69) is 21.2 Å². The van der Waals surface area contributed by atoms with Gasteiger partial charge in [0.25, 0.3) is 0 Å². The summed E-state index contributed by atoms with van der Waals surface area (Å²) >= 11 is 2.95. The Bertz CT molecular complexity index is 90.8. The highest BCUT2D eigenvalue weighted by Crippen LogP contribution is 2.17. The lowest BCUT2D eigenvalue weighted by molar-refractivity contribution is 0.333. The quantitative estimate of drug-likeness (QED) is 0.513. The van der Waals surface area contributed by atoms with Gasteiger partial charge in [0, 0.05) is 6.20 Å². The largest absolute Gasteiger partial charge is 0.357 e. The molecule has 1 unspecified atom stereocenters. The van der Waals surface area contributed by atoms with Gasteiger partial charge in [0.1, 0.15) is 0 Å². The minimum absolute atomic E-state index is 0.600. The predicted octanol–water partition coefficient (Wildman–Crippen LogP) is 1.12. The molecule has 0 saturated heterocycles. The standard InChI is InChI=1S/C3H3BrFN/c4-2-1-6-3(2)5/h1,3,6H. The van der Waals surface area contributed by atoms with Crippen molar-refractivity contribution in [2.45, 2.75) is 6.30 Å². The molecule has 1 rings (SSSR count). The molecular weight excluding hydrogens is 149 g/mol. The topological polar surface area (TPSA) is 12.0 Å². The summed E-state index contributed by atoms with van der Waals surface area (Å²) in [6.07, 6.45) is 0.634. The Balaban J connectivity index is 2.51. The highest BCUT2D eigenvalue weighted by atomic mass is 79.9. The smallest absolute Gasteiger partial charge is 0.203 e. The summed E-state index contributed by atoms with van der Waals surface area (Å²) < 4.78 is 12.3. The van der Waals surface area contributed by atoms with Gasteiger partial charge in [-0.2, -0.15) is 0 Å². The molecule has 1 N–H and O–H groups in total. The van der Waals surface area contributed by atoms with Crippen molar-refractivity contribution in [1.82, 2.24) is 5.32 Å².